The Balaban J connectivity index is 2.46. The standard InChI is InChI=1S/C7H3BrClN3O/c8-5-1-4(2-10-3-5)6-11-7(9)13-12-6/h1-3H. The Bertz CT molecular complexity index is 431. The summed E-state index contributed by atoms with van der Waals surface area (Å²) in [5.41, 5.74) is 0.755. The van der Waals surface area contributed by atoms with E-state index in [2.05, 4.69) is 35.6 Å². The Morgan fingerprint density at radius 3 is 2.85 bits per heavy atom. The van der Waals surface area contributed by atoms with E-state index in [0.717, 1.165) is 10.0 Å². The third-order valence-electron chi connectivity index (χ3n) is 1.36. The molecular formula is C7H3BrClN3O. The molecule has 2 aromatic heterocycles. The molecule has 0 atom stereocenters. The van der Waals surface area contributed by atoms with Crippen LogP contribution >= 0.6 is 27.5 Å². The normalized spacial score (nSPS) is 10.3. The van der Waals surface area contributed by atoms with Gasteiger partial charge in [0.2, 0.25) is 5.82 Å². The summed E-state index contributed by atoms with van der Waals surface area (Å²) in [4.78, 5) is 7.81. The van der Waals surface area contributed by atoms with E-state index >= 15 is 0 Å². The van der Waals surface area contributed by atoms with Crippen molar-refractivity contribution in [3.05, 3.63) is 28.3 Å². The lowest BCUT2D eigenvalue weighted by molar-refractivity contribution is 0.421. The van der Waals surface area contributed by atoms with Gasteiger partial charge in [-0.15, -0.1) is 0 Å². The van der Waals surface area contributed by atoms with Crippen LogP contribution < -0.4 is 0 Å². The van der Waals surface area contributed by atoms with Gasteiger partial charge in [-0.25, -0.2) is 0 Å². The summed E-state index contributed by atoms with van der Waals surface area (Å²) in [5, 5.41) is 3.67. The Hall–Kier alpha value is -0.940. The van der Waals surface area contributed by atoms with Crippen molar-refractivity contribution in [3.8, 4) is 11.4 Å². The van der Waals surface area contributed by atoms with Gasteiger partial charge in [-0.3, -0.25) is 4.98 Å². The molecule has 0 radical (unpaired) electrons. The average Bonchev–Trinajstić information content (AvgIpc) is 2.52. The fraction of sp³-hybridized carbons (Fsp3) is 0. The van der Waals surface area contributed by atoms with Gasteiger partial charge in [0, 0.05) is 22.4 Å². The van der Waals surface area contributed by atoms with E-state index in [9.17, 15) is 0 Å². The summed E-state index contributed by atoms with van der Waals surface area (Å²) in [6.07, 6.45) is 3.30. The quantitative estimate of drug-likeness (QED) is 0.790. The van der Waals surface area contributed by atoms with E-state index in [0.29, 0.717) is 5.82 Å². The first kappa shape index (κ1) is 8.65. The van der Waals surface area contributed by atoms with Crippen LogP contribution in [0.25, 0.3) is 11.4 Å². The maximum atomic E-state index is 5.48. The van der Waals surface area contributed by atoms with Crippen molar-refractivity contribution in [1.29, 1.82) is 0 Å². The lowest BCUT2D eigenvalue weighted by Crippen LogP contribution is -1.81. The summed E-state index contributed by atoms with van der Waals surface area (Å²) in [6, 6.07) is 1.83. The number of halogens is 2. The molecule has 0 aliphatic heterocycles. The Morgan fingerprint density at radius 1 is 1.38 bits per heavy atom. The highest BCUT2D eigenvalue weighted by Gasteiger charge is 2.06. The van der Waals surface area contributed by atoms with E-state index in [1.54, 1.807) is 12.4 Å². The molecule has 2 aromatic rings. The number of pyridine rings is 1. The monoisotopic (exact) mass is 259 g/mol. The van der Waals surface area contributed by atoms with Gasteiger partial charge in [-0.05, 0) is 33.6 Å². The Morgan fingerprint density at radius 2 is 2.23 bits per heavy atom. The predicted octanol–water partition coefficient (Wildman–Crippen LogP) is 2.55. The van der Waals surface area contributed by atoms with Crippen LogP contribution in [0.4, 0.5) is 0 Å². The molecule has 0 N–H and O–H groups in total. The van der Waals surface area contributed by atoms with Crippen LogP contribution in [0.5, 0.6) is 0 Å². The number of rotatable bonds is 1. The van der Waals surface area contributed by atoms with Crippen LogP contribution in [0, 0.1) is 0 Å². The first-order chi connectivity index (χ1) is 6.25. The topological polar surface area (TPSA) is 51.8 Å². The summed E-state index contributed by atoms with van der Waals surface area (Å²) in [5.74, 6) is 0.429. The molecule has 66 valence electrons. The molecule has 2 rings (SSSR count). The van der Waals surface area contributed by atoms with Crippen molar-refractivity contribution in [2.45, 2.75) is 0 Å². The zero-order valence-corrected chi connectivity index (χ0v) is 8.58. The third kappa shape index (κ3) is 1.87. The number of aromatic nitrogens is 3. The molecule has 0 aromatic carbocycles. The lowest BCUT2D eigenvalue weighted by atomic mass is 10.3. The van der Waals surface area contributed by atoms with Crippen molar-refractivity contribution >= 4 is 27.5 Å². The highest BCUT2D eigenvalue weighted by atomic mass is 79.9. The average molecular weight is 260 g/mol. The van der Waals surface area contributed by atoms with Crippen molar-refractivity contribution in [1.82, 2.24) is 15.1 Å². The third-order valence-corrected chi connectivity index (χ3v) is 1.95. The van der Waals surface area contributed by atoms with Gasteiger partial charge in [0.15, 0.2) is 0 Å². The minimum Gasteiger partial charge on any atom is -0.321 e. The van der Waals surface area contributed by atoms with E-state index in [4.69, 9.17) is 11.6 Å². The molecule has 13 heavy (non-hydrogen) atoms. The molecule has 0 aliphatic carbocycles. The molecule has 0 saturated carbocycles. The second-order valence-corrected chi connectivity index (χ2v) is 3.50. The van der Waals surface area contributed by atoms with Gasteiger partial charge in [0.1, 0.15) is 0 Å². The number of nitrogens with zero attached hydrogens (tertiary/aromatic N) is 3. The zero-order chi connectivity index (χ0) is 9.26. The van der Waals surface area contributed by atoms with Gasteiger partial charge >= 0.3 is 5.35 Å². The Kier molecular flexibility index (Phi) is 2.28. The molecule has 2 heterocycles. The van der Waals surface area contributed by atoms with Gasteiger partial charge in [-0.1, -0.05) is 5.16 Å². The molecule has 0 spiro atoms. The maximum absolute atomic E-state index is 5.48. The summed E-state index contributed by atoms with van der Waals surface area (Å²) in [7, 11) is 0. The van der Waals surface area contributed by atoms with Crippen molar-refractivity contribution < 1.29 is 4.52 Å². The summed E-state index contributed by atoms with van der Waals surface area (Å²) >= 11 is 8.76. The first-order valence-electron chi connectivity index (χ1n) is 3.36. The molecule has 0 bridgehead atoms. The van der Waals surface area contributed by atoms with Crippen molar-refractivity contribution in [3.63, 3.8) is 0 Å². The molecule has 4 nitrogen and oxygen atoms in total. The summed E-state index contributed by atoms with van der Waals surface area (Å²) < 4.78 is 5.47. The fourth-order valence-corrected chi connectivity index (χ4v) is 1.34. The van der Waals surface area contributed by atoms with Gasteiger partial charge < -0.3 is 4.52 Å². The van der Waals surface area contributed by atoms with Crippen molar-refractivity contribution in [2.75, 3.05) is 0 Å². The van der Waals surface area contributed by atoms with Gasteiger partial charge in [-0.2, -0.15) is 4.98 Å². The molecule has 0 fully saturated rings. The fourth-order valence-electron chi connectivity index (χ4n) is 0.856. The van der Waals surface area contributed by atoms with Gasteiger partial charge in [0.25, 0.3) is 0 Å². The van der Waals surface area contributed by atoms with Crippen LogP contribution in [0.3, 0.4) is 0 Å². The SMILES string of the molecule is Clc1nc(-c2cncc(Br)c2)no1. The van der Waals surface area contributed by atoms with E-state index in [1.807, 2.05) is 6.07 Å². The highest BCUT2D eigenvalue weighted by Crippen LogP contribution is 2.19. The first-order valence-corrected chi connectivity index (χ1v) is 4.53. The second-order valence-electron chi connectivity index (χ2n) is 2.26. The van der Waals surface area contributed by atoms with E-state index in [1.165, 1.54) is 0 Å². The number of hydrogen-bond donors (Lipinski definition) is 0. The molecular weight excluding hydrogens is 257 g/mol. The Labute approximate surface area is 87.1 Å². The summed E-state index contributed by atoms with van der Waals surface area (Å²) in [6.45, 7) is 0. The second kappa shape index (κ2) is 3.43. The minimum atomic E-state index is 0.0231. The molecule has 0 aliphatic rings. The molecule has 6 heteroatoms. The van der Waals surface area contributed by atoms with Crippen LogP contribution in [-0.4, -0.2) is 15.1 Å². The van der Waals surface area contributed by atoms with Gasteiger partial charge in [0.05, 0.1) is 0 Å². The van der Waals surface area contributed by atoms with Crippen LogP contribution in [0.2, 0.25) is 5.35 Å². The van der Waals surface area contributed by atoms with E-state index < -0.39 is 0 Å². The van der Waals surface area contributed by atoms with Crippen LogP contribution in [-0.2, 0) is 0 Å². The predicted molar refractivity (Wildman–Crippen MR) is 50.2 cm³/mol. The molecule has 0 saturated heterocycles. The lowest BCUT2D eigenvalue weighted by Gasteiger charge is -1.92. The van der Waals surface area contributed by atoms with Crippen LogP contribution in [0.15, 0.2) is 27.5 Å². The van der Waals surface area contributed by atoms with Crippen LogP contribution in [0.1, 0.15) is 0 Å². The molecule has 0 unspecified atom stereocenters. The number of hydrogen-bond acceptors (Lipinski definition) is 4. The molecule has 0 amide bonds. The zero-order valence-electron chi connectivity index (χ0n) is 6.24. The van der Waals surface area contributed by atoms with Crippen molar-refractivity contribution in [2.24, 2.45) is 0 Å². The largest absolute Gasteiger partial charge is 0.321 e. The van der Waals surface area contributed by atoms with E-state index in [-0.39, 0.29) is 5.35 Å². The maximum Gasteiger partial charge on any atom is 0.320 e. The smallest absolute Gasteiger partial charge is 0.320 e. The highest BCUT2D eigenvalue weighted by molar-refractivity contribution is 9.10. The minimum absolute atomic E-state index is 0.0231.